The van der Waals surface area contributed by atoms with Gasteiger partial charge in [-0.2, -0.15) is 4.99 Å². The summed E-state index contributed by atoms with van der Waals surface area (Å²) in [6.07, 6.45) is 0.868. The molecule has 47 heavy (non-hydrogen) atoms. The largest absolute Gasteiger partial charge is 0.444 e. The van der Waals surface area contributed by atoms with Gasteiger partial charge in [0.15, 0.2) is 0 Å². The van der Waals surface area contributed by atoms with Crippen LogP contribution in [-0.4, -0.2) is 60.9 Å². The molecule has 244 valence electrons. The molecule has 0 aliphatic heterocycles. The Labute approximate surface area is 274 Å². The molecule has 0 fully saturated rings. The Morgan fingerprint density at radius 1 is 0.957 bits per heavy atom. The second-order valence-corrected chi connectivity index (χ2v) is 14.1. The smallest absolute Gasteiger partial charge is 0.407 e. The number of benzene rings is 3. The summed E-state index contributed by atoms with van der Waals surface area (Å²) in [6.45, 7) is 5.66. The highest BCUT2D eigenvalue weighted by molar-refractivity contribution is 7.91. The monoisotopic (exact) mass is 654 g/mol. The second kappa shape index (κ2) is 13.6. The molecule has 0 bridgehead atoms. The van der Waals surface area contributed by atoms with Crippen molar-refractivity contribution in [3.05, 3.63) is 107 Å². The number of anilines is 1. The molecule has 0 radical (unpaired) electrons. The van der Waals surface area contributed by atoms with Crippen LogP contribution in [0, 0.1) is 0 Å². The van der Waals surface area contributed by atoms with Crippen LogP contribution in [0.1, 0.15) is 48.1 Å². The molecular weight excluding hydrogens is 616 g/mol. The lowest BCUT2D eigenvalue weighted by molar-refractivity contribution is 0.0522. The van der Waals surface area contributed by atoms with Crippen molar-refractivity contribution >= 4 is 55.9 Å². The molecule has 0 saturated carbocycles. The Kier molecular flexibility index (Phi) is 9.61. The van der Waals surface area contributed by atoms with Gasteiger partial charge in [-0.3, -0.25) is 9.52 Å². The molecule has 5 rings (SSSR count). The standard InChI is InChI=1S/C35H38N6O5S/c1-35(2,3)46-34(43)36-20-28-16-15-26-19-31(33(42)37-23-40(4)5)41(32(26)38-28)21-27-18-29(17-25-13-9-10-14-30(25)27)39-47(44,45)22-24-11-7-6-8-12-24/h6-19,23,39H,20-22H2,1-5H3,(H,36,43). The van der Waals surface area contributed by atoms with Crippen LogP contribution in [0.3, 0.4) is 0 Å². The van der Waals surface area contributed by atoms with Crippen LogP contribution in [0.2, 0.25) is 0 Å². The summed E-state index contributed by atoms with van der Waals surface area (Å²) in [5.74, 6) is -0.640. The minimum absolute atomic E-state index is 0.111. The van der Waals surface area contributed by atoms with E-state index >= 15 is 0 Å². The summed E-state index contributed by atoms with van der Waals surface area (Å²) in [4.78, 5) is 36.3. The van der Waals surface area contributed by atoms with Gasteiger partial charge in [0.1, 0.15) is 16.9 Å². The van der Waals surface area contributed by atoms with Crippen LogP contribution < -0.4 is 10.0 Å². The van der Waals surface area contributed by atoms with Crippen molar-refractivity contribution in [2.75, 3.05) is 18.8 Å². The van der Waals surface area contributed by atoms with E-state index in [9.17, 15) is 18.0 Å². The number of hydrogen-bond donors (Lipinski definition) is 2. The number of amides is 2. The minimum Gasteiger partial charge on any atom is -0.444 e. The maximum Gasteiger partial charge on any atom is 0.407 e. The Bertz CT molecular complexity index is 2070. The van der Waals surface area contributed by atoms with Crippen molar-refractivity contribution in [2.45, 2.75) is 45.2 Å². The van der Waals surface area contributed by atoms with E-state index in [0.717, 1.165) is 16.3 Å². The first-order valence-corrected chi connectivity index (χ1v) is 16.7. The van der Waals surface area contributed by atoms with Crippen LogP contribution in [0.4, 0.5) is 10.5 Å². The van der Waals surface area contributed by atoms with Gasteiger partial charge in [0, 0.05) is 25.2 Å². The molecule has 12 heteroatoms. The number of hydrogen-bond acceptors (Lipinski definition) is 6. The van der Waals surface area contributed by atoms with Crippen molar-refractivity contribution in [1.29, 1.82) is 0 Å². The van der Waals surface area contributed by atoms with Crippen molar-refractivity contribution in [3.8, 4) is 0 Å². The van der Waals surface area contributed by atoms with Gasteiger partial charge in [-0.05, 0) is 73.0 Å². The number of nitrogens with zero attached hydrogens (tertiary/aromatic N) is 4. The molecule has 2 N–H and O–H groups in total. The average Bonchev–Trinajstić information content (AvgIpc) is 3.35. The van der Waals surface area contributed by atoms with Crippen molar-refractivity contribution in [2.24, 2.45) is 4.99 Å². The normalized spacial score (nSPS) is 12.0. The number of nitrogens with one attached hydrogen (secondary N) is 2. The summed E-state index contributed by atoms with van der Waals surface area (Å²) in [5, 5.41) is 5.15. The molecule has 2 heterocycles. The van der Waals surface area contributed by atoms with E-state index in [0.29, 0.717) is 33.7 Å². The lowest BCUT2D eigenvalue weighted by Gasteiger charge is -2.19. The highest BCUT2D eigenvalue weighted by Crippen LogP contribution is 2.29. The van der Waals surface area contributed by atoms with Crippen LogP contribution in [0.5, 0.6) is 0 Å². The van der Waals surface area contributed by atoms with Gasteiger partial charge < -0.3 is 19.5 Å². The SMILES string of the molecule is CN(C)C=NC(=O)c1cc2ccc(CNC(=O)OC(C)(C)C)nc2n1Cc1cc(NS(=O)(=O)Cc2ccccc2)cc2ccccc12. The van der Waals surface area contributed by atoms with E-state index in [1.807, 2.05) is 36.4 Å². The lowest BCUT2D eigenvalue weighted by Crippen LogP contribution is -2.32. The molecule has 0 aliphatic rings. The zero-order chi connectivity index (χ0) is 33.8. The van der Waals surface area contributed by atoms with Gasteiger partial charge in [-0.1, -0.05) is 54.6 Å². The number of fused-ring (bicyclic) bond motifs is 2. The number of pyridine rings is 1. The van der Waals surface area contributed by atoms with Crippen LogP contribution in [-0.2, 0) is 33.6 Å². The molecular formula is C35H38N6O5S. The number of carbonyl (C=O) groups excluding carboxylic acids is 2. The number of rotatable bonds is 10. The van der Waals surface area contributed by atoms with Gasteiger partial charge >= 0.3 is 6.09 Å². The summed E-state index contributed by atoms with van der Waals surface area (Å²) in [7, 11) is -0.185. The highest BCUT2D eigenvalue weighted by Gasteiger charge is 2.20. The lowest BCUT2D eigenvalue weighted by atomic mass is 10.0. The fourth-order valence-corrected chi connectivity index (χ4v) is 6.25. The molecule has 3 aromatic carbocycles. The number of carbonyl (C=O) groups is 2. The second-order valence-electron chi connectivity index (χ2n) is 12.4. The first kappa shape index (κ1) is 33.1. The minimum atomic E-state index is -3.73. The van der Waals surface area contributed by atoms with Crippen molar-refractivity contribution < 1.29 is 22.7 Å². The van der Waals surface area contributed by atoms with Crippen LogP contribution >= 0.6 is 0 Å². The predicted octanol–water partition coefficient (Wildman–Crippen LogP) is 5.93. The molecule has 5 aromatic rings. The number of sulfonamides is 1. The van der Waals surface area contributed by atoms with E-state index in [1.54, 1.807) is 92.9 Å². The Balaban J connectivity index is 1.55. The van der Waals surface area contributed by atoms with Gasteiger partial charge in [0.05, 0.1) is 30.9 Å². The van der Waals surface area contributed by atoms with Crippen molar-refractivity contribution in [3.63, 3.8) is 0 Å². The number of ether oxygens (including phenoxy) is 1. The zero-order valence-corrected chi connectivity index (χ0v) is 27.8. The van der Waals surface area contributed by atoms with E-state index in [4.69, 9.17) is 9.72 Å². The topological polar surface area (TPSA) is 135 Å². The van der Waals surface area contributed by atoms with Gasteiger partial charge in [0.25, 0.3) is 5.91 Å². The predicted molar refractivity (Wildman–Crippen MR) is 185 cm³/mol. The first-order chi connectivity index (χ1) is 22.3. The molecule has 2 amide bonds. The molecule has 11 nitrogen and oxygen atoms in total. The van der Waals surface area contributed by atoms with Crippen LogP contribution in [0.25, 0.3) is 21.8 Å². The number of alkyl carbamates (subject to hydrolysis) is 1. The van der Waals surface area contributed by atoms with E-state index < -0.39 is 27.6 Å². The molecule has 0 unspecified atom stereocenters. The summed E-state index contributed by atoms with van der Waals surface area (Å²) < 4.78 is 36.2. The van der Waals surface area contributed by atoms with E-state index in [2.05, 4.69) is 15.0 Å². The summed E-state index contributed by atoms with van der Waals surface area (Å²) in [6, 6.07) is 25.5. The Morgan fingerprint density at radius 3 is 2.40 bits per heavy atom. The number of aromatic nitrogens is 2. The summed E-state index contributed by atoms with van der Waals surface area (Å²) >= 11 is 0. The quantitative estimate of drug-likeness (QED) is 0.141. The molecule has 0 spiro atoms. The molecule has 0 aliphatic carbocycles. The van der Waals surface area contributed by atoms with Gasteiger partial charge in [0.2, 0.25) is 10.0 Å². The van der Waals surface area contributed by atoms with Crippen molar-refractivity contribution in [1.82, 2.24) is 19.8 Å². The molecule has 2 aromatic heterocycles. The first-order valence-electron chi connectivity index (χ1n) is 15.0. The Hall–Kier alpha value is -5.23. The average molecular weight is 655 g/mol. The third-order valence-electron chi connectivity index (χ3n) is 6.99. The molecule has 0 saturated heterocycles. The Morgan fingerprint density at radius 2 is 1.68 bits per heavy atom. The fourth-order valence-electron chi connectivity index (χ4n) is 5.07. The maximum absolute atomic E-state index is 13.4. The van der Waals surface area contributed by atoms with E-state index in [-0.39, 0.29) is 18.8 Å². The third-order valence-corrected chi connectivity index (χ3v) is 8.25. The van der Waals surface area contributed by atoms with Gasteiger partial charge in [-0.15, -0.1) is 0 Å². The maximum atomic E-state index is 13.4. The zero-order valence-electron chi connectivity index (χ0n) is 27.0. The van der Waals surface area contributed by atoms with E-state index in [1.165, 1.54) is 6.34 Å². The van der Waals surface area contributed by atoms with Gasteiger partial charge in [-0.25, -0.2) is 18.2 Å². The molecule has 0 atom stereocenters. The fraction of sp³-hybridized carbons (Fsp3) is 0.257. The summed E-state index contributed by atoms with van der Waals surface area (Å²) in [5.41, 5.74) is 2.57. The third kappa shape index (κ3) is 8.73. The number of aliphatic imine (C=N–C) groups is 1. The van der Waals surface area contributed by atoms with Crippen LogP contribution in [0.15, 0.2) is 89.9 Å². The highest BCUT2D eigenvalue weighted by atomic mass is 32.2.